The Morgan fingerprint density at radius 1 is 0.750 bits per heavy atom. The molecule has 2 N–H and O–H groups in total. The van der Waals surface area contributed by atoms with Gasteiger partial charge in [-0.25, -0.2) is 9.59 Å². The third-order valence-electron chi connectivity index (χ3n) is 2.88. The Morgan fingerprint density at radius 3 is 1.42 bits per heavy atom. The van der Waals surface area contributed by atoms with Gasteiger partial charge in [0.05, 0.1) is 21.2 Å². The highest BCUT2D eigenvalue weighted by Gasteiger charge is 2.08. The van der Waals surface area contributed by atoms with Crippen LogP contribution in [0.5, 0.6) is 0 Å². The van der Waals surface area contributed by atoms with Crippen LogP contribution in [0.15, 0.2) is 36.4 Å². The van der Waals surface area contributed by atoms with Crippen molar-refractivity contribution in [3.63, 3.8) is 0 Å². The summed E-state index contributed by atoms with van der Waals surface area (Å²) in [7, 11) is 0. The SMILES string of the molecule is O=C(O)c1ccc(C#CC#Cc2ccc(C(=O)O)c(Cl)c2)cc1Cl. The first-order chi connectivity index (χ1) is 11.4. The number of halogens is 2. The Labute approximate surface area is 147 Å². The average molecular weight is 359 g/mol. The highest BCUT2D eigenvalue weighted by molar-refractivity contribution is 6.34. The highest BCUT2D eigenvalue weighted by Crippen LogP contribution is 2.18. The van der Waals surface area contributed by atoms with Gasteiger partial charge < -0.3 is 10.2 Å². The van der Waals surface area contributed by atoms with Gasteiger partial charge in [-0.3, -0.25) is 0 Å². The summed E-state index contributed by atoms with van der Waals surface area (Å²) in [5.74, 6) is 8.47. The molecular weight excluding hydrogens is 351 g/mol. The molecule has 0 aromatic heterocycles. The Morgan fingerprint density at radius 2 is 1.12 bits per heavy atom. The fourth-order valence-corrected chi connectivity index (χ4v) is 2.26. The average Bonchev–Trinajstić information content (AvgIpc) is 2.51. The zero-order chi connectivity index (χ0) is 17.7. The van der Waals surface area contributed by atoms with E-state index in [-0.39, 0.29) is 21.2 Å². The van der Waals surface area contributed by atoms with Gasteiger partial charge in [-0.15, -0.1) is 0 Å². The monoisotopic (exact) mass is 358 g/mol. The summed E-state index contributed by atoms with van der Waals surface area (Å²) in [4.78, 5) is 21.7. The summed E-state index contributed by atoms with van der Waals surface area (Å²) < 4.78 is 0. The van der Waals surface area contributed by atoms with Gasteiger partial charge in [-0.1, -0.05) is 35.0 Å². The van der Waals surface area contributed by atoms with Crippen molar-refractivity contribution in [2.45, 2.75) is 0 Å². The van der Waals surface area contributed by atoms with E-state index in [2.05, 4.69) is 23.7 Å². The van der Waals surface area contributed by atoms with Gasteiger partial charge in [0.25, 0.3) is 0 Å². The zero-order valence-corrected chi connectivity index (χ0v) is 13.4. The summed E-state index contributed by atoms with van der Waals surface area (Å²) in [6.07, 6.45) is 0. The van der Waals surface area contributed by atoms with Crippen LogP contribution in [0.2, 0.25) is 10.0 Å². The zero-order valence-electron chi connectivity index (χ0n) is 11.9. The van der Waals surface area contributed by atoms with Crippen LogP contribution in [-0.2, 0) is 0 Å². The minimum atomic E-state index is -1.11. The predicted molar refractivity (Wildman–Crippen MR) is 90.6 cm³/mol. The van der Waals surface area contributed by atoms with Gasteiger partial charge in [-0.05, 0) is 48.2 Å². The molecule has 0 heterocycles. The molecule has 4 nitrogen and oxygen atoms in total. The first kappa shape index (κ1) is 17.4. The number of hydrogen-bond donors (Lipinski definition) is 2. The van der Waals surface area contributed by atoms with Gasteiger partial charge in [0.15, 0.2) is 0 Å². The van der Waals surface area contributed by atoms with E-state index in [9.17, 15) is 9.59 Å². The molecule has 0 saturated carbocycles. The van der Waals surface area contributed by atoms with Crippen molar-refractivity contribution in [3.05, 3.63) is 68.7 Å². The molecule has 2 aromatic rings. The smallest absolute Gasteiger partial charge is 0.337 e. The molecule has 24 heavy (non-hydrogen) atoms. The van der Waals surface area contributed by atoms with E-state index in [1.54, 1.807) is 0 Å². The largest absolute Gasteiger partial charge is 0.478 e. The number of carboxylic acids is 2. The molecule has 0 aliphatic carbocycles. The molecule has 6 heteroatoms. The van der Waals surface area contributed by atoms with Gasteiger partial charge in [0.1, 0.15) is 0 Å². The number of carbonyl (C=O) groups is 2. The number of hydrogen-bond acceptors (Lipinski definition) is 2. The Hall–Kier alpha value is -2.92. The number of rotatable bonds is 2. The molecule has 2 rings (SSSR count). The molecule has 0 saturated heterocycles. The second kappa shape index (κ2) is 7.57. The maximum atomic E-state index is 10.9. The van der Waals surface area contributed by atoms with E-state index < -0.39 is 11.9 Å². The first-order valence-electron chi connectivity index (χ1n) is 6.46. The van der Waals surface area contributed by atoms with Crippen LogP contribution >= 0.6 is 23.2 Å². The van der Waals surface area contributed by atoms with Crippen molar-refractivity contribution in [1.29, 1.82) is 0 Å². The molecule has 2 aromatic carbocycles. The molecule has 118 valence electrons. The lowest BCUT2D eigenvalue weighted by Crippen LogP contribution is -1.97. The lowest BCUT2D eigenvalue weighted by Gasteiger charge is -1.98. The van der Waals surface area contributed by atoms with Crippen LogP contribution in [0.4, 0.5) is 0 Å². The number of aromatic carboxylic acids is 2. The third-order valence-corrected chi connectivity index (χ3v) is 3.50. The van der Waals surface area contributed by atoms with Crippen LogP contribution < -0.4 is 0 Å². The lowest BCUT2D eigenvalue weighted by molar-refractivity contribution is 0.0686. The van der Waals surface area contributed by atoms with Crippen molar-refractivity contribution in [3.8, 4) is 23.7 Å². The van der Waals surface area contributed by atoms with Gasteiger partial charge in [-0.2, -0.15) is 0 Å². The minimum absolute atomic E-state index is 0.00135. The van der Waals surface area contributed by atoms with E-state index in [4.69, 9.17) is 33.4 Å². The first-order valence-corrected chi connectivity index (χ1v) is 7.22. The molecule has 0 unspecified atom stereocenters. The fourth-order valence-electron chi connectivity index (χ4n) is 1.74. The standard InChI is InChI=1S/C18H8Cl2O4/c19-15-9-11(5-7-13(15)17(21)22)3-1-2-4-12-6-8-14(18(23)24)16(20)10-12/h5-10H,(H,21,22)(H,23,24). The normalized spacial score (nSPS) is 9.25. The second-order valence-electron chi connectivity index (χ2n) is 4.50. The van der Waals surface area contributed by atoms with E-state index in [0.29, 0.717) is 11.1 Å². The van der Waals surface area contributed by atoms with Crippen LogP contribution in [0.25, 0.3) is 0 Å². The summed E-state index contributed by atoms with van der Waals surface area (Å²) in [6, 6.07) is 8.68. The predicted octanol–water partition coefficient (Wildman–Crippen LogP) is 3.79. The molecular formula is C18H8Cl2O4. The van der Waals surface area contributed by atoms with E-state index in [1.807, 2.05) is 0 Å². The van der Waals surface area contributed by atoms with Crippen LogP contribution in [0.3, 0.4) is 0 Å². The topological polar surface area (TPSA) is 74.6 Å². The summed E-state index contributed by atoms with van der Waals surface area (Å²) in [5.41, 5.74) is 1.06. The van der Waals surface area contributed by atoms with Crippen molar-refractivity contribution in [2.75, 3.05) is 0 Å². The van der Waals surface area contributed by atoms with Crippen LogP contribution in [0, 0.1) is 23.7 Å². The highest BCUT2D eigenvalue weighted by atomic mass is 35.5. The number of carboxylic acid groups (broad SMARTS) is 2. The Balaban J connectivity index is 2.19. The molecule has 0 bridgehead atoms. The van der Waals surface area contributed by atoms with Crippen molar-refractivity contribution in [2.24, 2.45) is 0 Å². The molecule has 0 atom stereocenters. The summed E-state index contributed by atoms with van der Waals surface area (Å²) in [6.45, 7) is 0. The number of benzene rings is 2. The summed E-state index contributed by atoms with van der Waals surface area (Å²) in [5, 5.41) is 18.0. The van der Waals surface area contributed by atoms with Gasteiger partial charge in [0.2, 0.25) is 0 Å². The van der Waals surface area contributed by atoms with E-state index >= 15 is 0 Å². The molecule has 0 spiro atoms. The Kier molecular flexibility index (Phi) is 5.50. The molecule has 0 aliphatic rings. The van der Waals surface area contributed by atoms with Gasteiger partial charge in [0, 0.05) is 11.1 Å². The van der Waals surface area contributed by atoms with E-state index in [0.717, 1.165) is 0 Å². The molecule has 0 amide bonds. The summed E-state index contributed by atoms with van der Waals surface area (Å²) >= 11 is 11.7. The fraction of sp³-hybridized carbons (Fsp3) is 0. The Bertz CT molecular complexity index is 877. The maximum absolute atomic E-state index is 10.9. The van der Waals surface area contributed by atoms with E-state index in [1.165, 1.54) is 36.4 Å². The quantitative estimate of drug-likeness (QED) is 0.800. The minimum Gasteiger partial charge on any atom is -0.478 e. The lowest BCUT2D eigenvalue weighted by atomic mass is 10.1. The third kappa shape index (κ3) is 4.30. The van der Waals surface area contributed by atoms with Crippen molar-refractivity contribution in [1.82, 2.24) is 0 Å². The van der Waals surface area contributed by atoms with Crippen LogP contribution in [-0.4, -0.2) is 22.2 Å². The van der Waals surface area contributed by atoms with Crippen LogP contribution in [0.1, 0.15) is 31.8 Å². The molecule has 0 fully saturated rings. The second-order valence-corrected chi connectivity index (χ2v) is 5.31. The van der Waals surface area contributed by atoms with Crippen molar-refractivity contribution < 1.29 is 19.8 Å². The van der Waals surface area contributed by atoms with Gasteiger partial charge >= 0.3 is 11.9 Å². The maximum Gasteiger partial charge on any atom is 0.337 e. The molecule has 0 radical (unpaired) electrons. The van der Waals surface area contributed by atoms with Crippen molar-refractivity contribution >= 4 is 35.1 Å². The molecule has 0 aliphatic heterocycles.